The van der Waals surface area contributed by atoms with E-state index in [4.69, 9.17) is 10.00 Å². The normalized spacial score (nSPS) is 8.72. The van der Waals surface area contributed by atoms with Gasteiger partial charge in [-0.2, -0.15) is 5.26 Å². The van der Waals surface area contributed by atoms with E-state index in [-0.39, 0.29) is 5.91 Å². The van der Waals surface area contributed by atoms with Crippen LogP contribution in [0.3, 0.4) is 0 Å². The van der Waals surface area contributed by atoms with Crippen molar-refractivity contribution in [3.8, 4) is 23.7 Å². The van der Waals surface area contributed by atoms with Gasteiger partial charge in [0.25, 0.3) is 0 Å². The molecule has 0 aromatic heterocycles. The molecule has 1 rings (SSSR count). The largest absolute Gasteiger partial charge is 0.495 e. The summed E-state index contributed by atoms with van der Waals surface area (Å²) in [5.41, 5.74) is 1.22. The Balaban J connectivity index is 2.74. The number of amides is 1. The zero-order valence-electron chi connectivity index (χ0n) is 10.4. The predicted octanol–water partition coefficient (Wildman–Crippen LogP) is 1.44. The Morgan fingerprint density at radius 2 is 2.28 bits per heavy atom. The van der Waals surface area contributed by atoms with E-state index in [2.05, 4.69) is 23.2 Å². The summed E-state index contributed by atoms with van der Waals surface area (Å²) in [6.07, 6.45) is 0.555. The fourth-order valence-electron chi connectivity index (χ4n) is 1.33. The molecule has 0 unspecified atom stereocenters. The number of hydrogen-bond acceptors (Lipinski definition) is 3. The minimum absolute atomic E-state index is 0.0686. The molecule has 0 saturated heterocycles. The van der Waals surface area contributed by atoms with Gasteiger partial charge in [0.15, 0.2) is 0 Å². The molecule has 92 valence electrons. The van der Waals surface area contributed by atoms with Crippen LogP contribution in [0.15, 0.2) is 18.2 Å². The Kier molecular flexibility index (Phi) is 5.28. The first-order valence-corrected chi connectivity index (χ1v) is 5.49. The monoisotopic (exact) mass is 242 g/mol. The maximum atomic E-state index is 10.6. The lowest BCUT2D eigenvalue weighted by Crippen LogP contribution is -2.20. The lowest BCUT2D eigenvalue weighted by Gasteiger charge is -2.02. The summed E-state index contributed by atoms with van der Waals surface area (Å²) in [6.45, 7) is 1.98. The molecular formula is C14H14N2O2. The molecule has 0 radical (unpaired) electrons. The lowest BCUT2D eigenvalue weighted by atomic mass is 10.1. The van der Waals surface area contributed by atoms with Gasteiger partial charge in [0, 0.05) is 19.9 Å². The summed E-state index contributed by atoms with van der Waals surface area (Å²) in [5.74, 6) is 6.44. The molecule has 0 saturated carbocycles. The molecule has 1 amide bonds. The molecule has 4 nitrogen and oxygen atoms in total. The number of benzene rings is 1. The van der Waals surface area contributed by atoms with E-state index in [9.17, 15) is 4.79 Å². The summed E-state index contributed by atoms with van der Waals surface area (Å²) in [7, 11) is 1.56. The summed E-state index contributed by atoms with van der Waals surface area (Å²) in [5, 5.41) is 11.5. The third kappa shape index (κ3) is 4.19. The average molecular weight is 242 g/mol. The third-order valence-electron chi connectivity index (χ3n) is 2.18. The second-order valence-corrected chi connectivity index (χ2v) is 3.56. The summed E-state index contributed by atoms with van der Waals surface area (Å²) in [4.78, 5) is 10.6. The molecule has 0 atom stereocenters. The van der Waals surface area contributed by atoms with Gasteiger partial charge in [-0.25, -0.2) is 0 Å². The van der Waals surface area contributed by atoms with Gasteiger partial charge >= 0.3 is 0 Å². The zero-order chi connectivity index (χ0) is 13.4. The highest BCUT2D eigenvalue weighted by molar-refractivity contribution is 5.72. The fraction of sp³-hybridized carbons (Fsp3) is 0.286. The molecule has 0 spiro atoms. The molecule has 1 N–H and O–H groups in total. The number of carbonyl (C=O) groups excluding carboxylic acids is 1. The molecule has 0 fully saturated rings. The Morgan fingerprint density at radius 1 is 1.50 bits per heavy atom. The van der Waals surface area contributed by atoms with Crippen LogP contribution >= 0.6 is 0 Å². The second-order valence-electron chi connectivity index (χ2n) is 3.56. The molecule has 1 aromatic rings. The van der Waals surface area contributed by atoms with E-state index < -0.39 is 0 Å². The van der Waals surface area contributed by atoms with Crippen LogP contribution in [0.5, 0.6) is 5.75 Å². The van der Waals surface area contributed by atoms with Gasteiger partial charge in [0.2, 0.25) is 5.91 Å². The number of hydrogen-bond donors (Lipinski definition) is 1. The molecule has 1 aromatic carbocycles. The zero-order valence-corrected chi connectivity index (χ0v) is 10.4. The van der Waals surface area contributed by atoms with E-state index in [1.165, 1.54) is 6.92 Å². The highest BCUT2D eigenvalue weighted by Gasteiger charge is 2.01. The average Bonchev–Trinajstić information content (AvgIpc) is 2.37. The van der Waals surface area contributed by atoms with Gasteiger partial charge < -0.3 is 10.1 Å². The highest BCUT2D eigenvalue weighted by Crippen LogP contribution is 2.18. The molecule has 0 aliphatic rings. The van der Waals surface area contributed by atoms with Crippen molar-refractivity contribution in [3.05, 3.63) is 29.3 Å². The number of carbonyl (C=O) groups is 1. The maximum Gasteiger partial charge on any atom is 0.216 e. The molecule has 0 bridgehead atoms. The van der Waals surface area contributed by atoms with E-state index in [1.54, 1.807) is 25.3 Å². The number of rotatable bonds is 3. The van der Waals surface area contributed by atoms with Crippen molar-refractivity contribution in [2.45, 2.75) is 13.3 Å². The van der Waals surface area contributed by atoms with Crippen molar-refractivity contribution >= 4 is 5.91 Å². The molecule has 4 heteroatoms. The van der Waals surface area contributed by atoms with E-state index in [1.807, 2.05) is 0 Å². The Hall–Kier alpha value is -2.46. The summed E-state index contributed by atoms with van der Waals surface area (Å²) in [6, 6.07) is 7.14. The Labute approximate surface area is 107 Å². The first kappa shape index (κ1) is 13.6. The van der Waals surface area contributed by atoms with Crippen molar-refractivity contribution in [2.24, 2.45) is 0 Å². The van der Waals surface area contributed by atoms with Crippen LogP contribution in [0.25, 0.3) is 0 Å². The van der Waals surface area contributed by atoms with Crippen molar-refractivity contribution in [3.63, 3.8) is 0 Å². The summed E-state index contributed by atoms with van der Waals surface area (Å²) < 4.78 is 5.16. The van der Waals surface area contributed by atoms with Crippen molar-refractivity contribution in [1.29, 1.82) is 5.26 Å². The van der Waals surface area contributed by atoms with Crippen LogP contribution in [0.2, 0.25) is 0 Å². The molecule has 0 heterocycles. The third-order valence-corrected chi connectivity index (χ3v) is 2.18. The van der Waals surface area contributed by atoms with Gasteiger partial charge in [-0.05, 0) is 18.2 Å². The maximum absolute atomic E-state index is 10.6. The van der Waals surface area contributed by atoms with Crippen LogP contribution in [-0.2, 0) is 4.79 Å². The van der Waals surface area contributed by atoms with Crippen LogP contribution < -0.4 is 10.1 Å². The van der Waals surface area contributed by atoms with Gasteiger partial charge in [0.05, 0.1) is 24.3 Å². The fourth-order valence-corrected chi connectivity index (χ4v) is 1.33. The van der Waals surface area contributed by atoms with Gasteiger partial charge in [-0.15, -0.1) is 0 Å². The van der Waals surface area contributed by atoms with Crippen LogP contribution in [0, 0.1) is 23.2 Å². The first-order valence-electron chi connectivity index (χ1n) is 5.49. The number of nitrogens with one attached hydrogen (secondary N) is 1. The summed E-state index contributed by atoms with van der Waals surface area (Å²) >= 11 is 0. The van der Waals surface area contributed by atoms with E-state index in [0.717, 1.165) is 0 Å². The van der Waals surface area contributed by atoms with E-state index in [0.29, 0.717) is 29.8 Å². The molecule has 0 aliphatic heterocycles. The van der Waals surface area contributed by atoms with Gasteiger partial charge in [0.1, 0.15) is 5.75 Å². The standard InChI is InChI=1S/C14H14N2O2/c1-11(17)16-8-4-3-5-13-9-12(10-15)6-7-14(13)18-2/h6-7,9H,4,8H2,1-2H3,(H,16,17). The number of ether oxygens (including phenoxy) is 1. The predicted molar refractivity (Wildman–Crippen MR) is 67.9 cm³/mol. The van der Waals surface area contributed by atoms with Crippen molar-refractivity contribution < 1.29 is 9.53 Å². The second kappa shape index (κ2) is 6.98. The topological polar surface area (TPSA) is 62.1 Å². The van der Waals surface area contributed by atoms with Crippen molar-refractivity contribution in [1.82, 2.24) is 5.32 Å². The first-order chi connectivity index (χ1) is 8.67. The molecule has 0 aliphatic carbocycles. The molecular weight excluding hydrogens is 228 g/mol. The quantitative estimate of drug-likeness (QED) is 0.644. The smallest absolute Gasteiger partial charge is 0.216 e. The molecule has 18 heavy (non-hydrogen) atoms. The van der Waals surface area contributed by atoms with Crippen LogP contribution in [0.4, 0.5) is 0 Å². The van der Waals surface area contributed by atoms with Crippen LogP contribution in [-0.4, -0.2) is 19.6 Å². The van der Waals surface area contributed by atoms with E-state index >= 15 is 0 Å². The minimum atomic E-state index is -0.0686. The Morgan fingerprint density at radius 3 is 2.89 bits per heavy atom. The number of nitriles is 1. The Bertz CT molecular complexity index is 533. The number of nitrogens with zero attached hydrogens (tertiary/aromatic N) is 1. The minimum Gasteiger partial charge on any atom is -0.495 e. The lowest BCUT2D eigenvalue weighted by molar-refractivity contribution is -0.118. The SMILES string of the molecule is COc1ccc(C#N)cc1C#CCCNC(C)=O. The highest BCUT2D eigenvalue weighted by atomic mass is 16.5. The van der Waals surface area contributed by atoms with Crippen LogP contribution in [0.1, 0.15) is 24.5 Å². The van der Waals surface area contributed by atoms with Gasteiger partial charge in [-0.1, -0.05) is 11.8 Å². The number of methoxy groups -OCH3 is 1. The van der Waals surface area contributed by atoms with Crippen molar-refractivity contribution in [2.75, 3.05) is 13.7 Å². The van der Waals surface area contributed by atoms with Gasteiger partial charge in [-0.3, -0.25) is 4.79 Å².